The van der Waals surface area contributed by atoms with Crippen LogP contribution < -0.4 is 15.2 Å². The fraction of sp³-hybridized carbons (Fsp3) is 0.517. The van der Waals surface area contributed by atoms with Crippen LogP contribution >= 0.6 is 23.1 Å². The van der Waals surface area contributed by atoms with Crippen LogP contribution in [0.5, 0.6) is 11.5 Å². The summed E-state index contributed by atoms with van der Waals surface area (Å²) >= 11 is 0. The van der Waals surface area contributed by atoms with E-state index in [-0.39, 0.29) is 35.4 Å². The Bertz CT molecular complexity index is 1320. The summed E-state index contributed by atoms with van der Waals surface area (Å²) in [5, 5.41) is 0. The number of halogens is 2. The summed E-state index contributed by atoms with van der Waals surface area (Å²) in [4.78, 5) is 33.1. The van der Waals surface area contributed by atoms with Gasteiger partial charge in [-0.1, -0.05) is 33.1 Å². The molecule has 0 aliphatic carbocycles. The van der Waals surface area contributed by atoms with Crippen molar-refractivity contribution in [3.8, 4) is 11.5 Å². The van der Waals surface area contributed by atoms with Crippen molar-refractivity contribution in [1.82, 2.24) is 0 Å². The molecule has 0 unspecified atom stereocenters. The molecule has 252 valence electrons. The van der Waals surface area contributed by atoms with Crippen LogP contribution in [0.15, 0.2) is 34.1 Å². The van der Waals surface area contributed by atoms with Crippen LogP contribution in [0.2, 0.25) is 0 Å². The third kappa shape index (κ3) is 20.2. The third-order valence-corrected chi connectivity index (χ3v) is 9.15. The van der Waals surface area contributed by atoms with Crippen molar-refractivity contribution >= 4 is 54.3 Å². The fourth-order valence-electron chi connectivity index (χ4n) is 3.78. The van der Waals surface area contributed by atoms with Gasteiger partial charge in [-0.05, 0) is 93.6 Å². The molecule has 0 heterocycles. The Morgan fingerprint density at radius 3 is 1.23 bits per heavy atom. The second-order valence-electron chi connectivity index (χ2n) is 8.95. The number of hydrogen-bond donors (Lipinski definition) is 1. The molecule has 2 aromatic carbocycles. The van der Waals surface area contributed by atoms with Crippen LogP contribution in [-0.2, 0) is 38.1 Å². The summed E-state index contributed by atoms with van der Waals surface area (Å²) < 4.78 is 57.2. The van der Waals surface area contributed by atoms with Gasteiger partial charge in [0.15, 0.2) is 9.84 Å². The molecule has 0 saturated heterocycles. The topological polar surface area (TPSA) is 181 Å². The second kappa shape index (κ2) is 26.6. The van der Waals surface area contributed by atoms with Crippen LogP contribution in [0.25, 0.3) is 0 Å². The lowest BCUT2D eigenvalue weighted by Crippen LogP contribution is -2.10. The molecule has 0 aliphatic rings. The SMILES string of the molecule is CCCCCS(=O)(=O)c1c(C)cc(OC)cc1C.CCCCN.COc1cc(C)c(S(=O)(=O)Cl)c(C)c1.Cl.O=C=O.O=C=O. The highest BCUT2D eigenvalue weighted by Crippen LogP contribution is 2.28. The molecule has 11 nitrogen and oxygen atoms in total. The van der Waals surface area contributed by atoms with Crippen molar-refractivity contribution in [1.29, 1.82) is 0 Å². The first-order valence-electron chi connectivity index (χ1n) is 13.2. The van der Waals surface area contributed by atoms with Crippen LogP contribution in [0.3, 0.4) is 0 Å². The Morgan fingerprint density at radius 1 is 0.682 bits per heavy atom. The van der Waals surface area contributed by atoms with E-state index < -0.39 is 18.9 Å². The Labute approximate surface area is 272 Å². The number of benzene rings is 2. The minimum atomic E-state index is -3.67. The van der Waals surface area contributed by atoms with E-state index in [9.17, 15) is 16.8 Å². The van der Waals surface area contributed by atoms with E-state index >= 15 is 0 Å². The molecule has 0 bridgehead atoms. The van der Waals surface area contributed by atoms with Gasteiger partial charge in [0, 0.05) is 10.7 Å². The number of rotatable bonds is 10. The monoisotopic (exact) mass is 701 g/mol. The number of sulfone groups is 1. The molecule has 44 heavy (non-hydrogen) atoms. The summed E-state index contributed by atoms with van der Waals surface area (Å²) in [6.07, 6.45) is 5.59. The number of methoxy groups -OCH3 is 2. The highest BCUT2D eigenvalue weighted by atomic mass is 35.7. The predicted molar refractivity (Wildman–Crippen MR) is 171 cm³/mol. The molecule has 0 fully saturated rings. The first-order chi connectivity index (χ1) is 20.0. The van der Waals surface area contributed by atoms with Gasteiger partial charge in [0.25, 0.3) is 9.05 Å². The lowest BCUT2D eigenvalue weighted by molar-refractivity contribution is -0.193. The predicted octanol–water partition coefficient (Wildman–Crippen LogP) is 5.52. The van der Waals surface area contributed by atoms with Crippen LogP contribution in [-0.4, -0.2) is 55.7 Å². The first-order valence-corrected chi connectivity index (χ1v) is 17.2. The van der Waals surface area contributed by atoms with Gasteiger partial charge in [-0.25, -0.2) is 16.8 Å². The average Bonchev–Trinajstić information content (AvgIpc) is 2.89. The quantitative estimate of drug-likeness (QED) is 0.243. The molecule has 0 aliphatic heterocycles. The van der Waals surface area contributed by atoms with Gasteiger partial charge >= 0.3 is 12.3 Å². The molecule has 0 aromatic heterocycles. The zero-order valence-corrected chi connectivity index (χ0v) is 29.7. The van der Waals surface area contributed by atoms with E-state index in [1.807, 2.05) is 13.8 Å². The number of hydrogen-bond acceptors (Lipinski definition) is 11. The lowest BCUT2D eigenvalue weighted by Gasteiger charge is -2.12. The van der Waals surface area contributed by atoms with Crippen molar-refractivity contribution in [2.75, 3.05) is 26.5 Å². The Morgan fingerprint density at radius 2 is 1.00 bits per heavy atom. The average molecular weight is 703 g/mol. The van der Waals surface area contributed by atoms with Crippen LogP contribution in [0.4, 0.5) is 0 Å². The summed E-state index contributed by atoms with van der Waals surface area (Å²) in [6.45, 7) is 12.1. The Hall–Kier alpha value is -2.76. The van der Waals surface area contributed by atoms with Crippen LogP contribution in [0.1, 0.15) is 68.2 Å². The molecule has 0 atom stereocenters. The van der Waals surface area contributed by atoms with Gasteiger partial charge in [0.05, 0.1) is 29.8 Å². The molecular formula is C29H45Cl2NO10S2. The minimum absolute atomic E-state index is 0. The van der Waals surface area contributed by atoms with Gasteiger partial charge in [-0.2, -0.15) is 19.2 Å². The molecular weight excluding hydrogens is 657 g/mol. The van der Waals surface area contributed by atoms with E-state index in [1.54, 1.807) is 45.2 Å². The molecule has 0 radical (unpaired) electrons. The third-order valence-electron chi connectivity index (χ3n) is 5.47. The molecule has 2 rings (SSSR count). The van der Waals surface area contributed by atoms with Crippen molar-refractivity contribution in [2.24, 2.45) is 5.73 Å². The number of unbranched alkanes of at least 4 members (excludes halogenated alkanes) is 3. The summed E-state index contributed by atoms with van der Waals surface area (Å²) in [5.74, 6) is 1.57. The van der Waals surface area contributed by atoms with Crippen molar-refractivity contribution in [2.45, 2.75) is 83.4 Å². The summed E-state index contributed by atoms with van der Waals surface area (Å²) in [7, 11) is 1.57. The smallest absolute Gasteiger partial charge is 0.373 e. The molecule has 15 heteroatoms. The zero-order chi connectivity index (χ0) is 34.2. The first kappa shape index (κ1) is 48.2. The highest BCUT2D eigenvalue weighted by Gasteiger charge is 2.20. The largest absolute Gasteiger partial charge is 0.497 e. The number of carbonyl (C=O) groups excluding carboxylic acids is 4. The van der Waals surface area contributed by atoms with Gasteiger partial charge in [-0.3, -0.25) is 0 Å². The minimum Gasteiger partial charge on any atom is -0.497 e. The molecule has 0 spiro atoms. The molecule has 2 N–H and O–H groups in total. The fourth-order valence-corrected chi connectivity index (χ4v) is 7.28. The van der Waals surface area contributed by atoms with Gasteiger partial charge in [0.2, 0.25) is 0 Å². The summed E-state index contributed by atoms with van der Waals surface area (Å²) in [5.41, 5.74) is 7.86. The maximum absolute atomic E-state index is 12.3. The van der Waals surface area contributed by atoms with E-state index in [4.69, 9.17) is 45.1 Å². The maximum atomic E-state index is 12.3. The summed E-state index contributed by atoms with van der Waals surface area (Å²) in [6, 6.07) is 6.84. The normalized spacial score (nSPS) is 9.68. The standard InChI is InChI=1S/C14H22O3S.C9H11ClO3S.C4H11N.2CO2.ClH/c1-5-6-7-8-18(15,16)14-11(2)9-13(17-4)10-12(14)3;1-6-4-8(13-3)5-7(2)9(6)14(10,11)12;1-2-3-4-5;2*2-1-3;/h9-10H,5-8H2,1-4H3;4-5H,1-3H3;2-5H2,1H3;;;1H. The molecule has 0 saturated carbocycles. The van der Waals surface area contributed by atoms with Crippen molar-refractivity contribution in [3.05, 3.63) is 46.5 Å². The van der Waals surface area contributed by atoms with Crippen molar-refractivity contribution in [3.63, 3.8) is 0 Å². The maximum Gasteiger partial charge on any atom is 0.373 e. The number of nitrogens with two attached hydrogens (primary N) is 1. The van der Waals surface area contributed by atoms with Crippen molar-refractivity contribution < 1.29 is 45.5 Å². The lowest BCUT2D eigenvalue weighted by atomic mass is 10.1. The van der Waals surface area contributed by atoms with Gasteiger partial charge in [0.1, 0.15) is 11.5 Å². The van der Waals surface area contributed by atoms with Gasteiger partial charge in [-0.15, -0.1) is 12.4 Å². The highest BCUT2D eigenvalue weighted by molar-refractivity contribution is 8.13. The zero-order valence-electron chi connectivity index (χ0n) is 26.5. The number of ether oxygens (including phenoxy) is 2. The Kier molecular flexibility index (Phi) is 29.1. The molecule has 0 amide bonds. The van der Waals surface area contributed by atoms with E-state index in [2.05, 4.69) is 13.8 Å². The van der Waals surface area contributed by atoms with E-state index in [0.717, 1.165) is 36.9 Å². The number of aryl methyl sites for hydroxylation is 4. The van der Waals surface area contributed by atoms with Crippen LogP contribution in [0, 0.1) is 27.7 Å². The molecule has 2 aromatic rings. The Balaban J connectivity index is -0.000000272. The van der Waals surface area contributed by atoms with E-state index in [0.29, 0.717) is 27.5 Å². The second-order valence-corrected chi connectivity index (χ2v) is 13.5. The van der Waals surface area contributed by atoms with Gasteiger partial charge < -0.3 is 15.2 Å². The van der Waals surface area contributed by atoms with E-state index in [1.165, 1.54) is 20.0 Å².